The summed E-state index contributed by atoms with van der Waals surface area (Å²) >= 11 is 0. The maximum atomic E-state index is 12.0. The minimum atomic E-state index is -0.190. The van der Waals surface area contributed by atoms with Crippen LogP contribution in [0.1, 0.15) is 12.8 Å². The van der Waals surface area contributed by atoms with E-state index in [1.165, 1.54) is 0 Å². The SMILES string of the molecule is CN(CCN1CCOCC1)C(=O)C1CCCO1. The van der Waals surface area contributed by atoms with Crippen molar-refractivity contribution in [3.05, 3.63) is 0 Å². The Morgan fingerprint density at radius 3 is 2.76 bits per heavy atom. The van der Waals surface area contributed by atoms with Gasteiger partial charge in [-0.1, -0.05) is 0 Å². The van der Waals surface area contributed by atoms with Crippen LogP contribution in [0.3, 0.4) is 0 Å². The molecule has 2 aliphatic rings. The average Bonchev–Trinajstić information content (AvgIpc) is 2.90. The Hall–Kier alpha value is -0.650. The number of morpholine rings is 1. The van der Waals surface area contributed by atoms with Gasteiger partial charge in [0.2, 0.25) is 0 Å². The third-order valence-corrected chi connectivity index (χ3v) is 3.44. The molecule has 5 heteroatoms. The fraction of sp³-hybridized carbons (Fsp3) is 0.917. The van der Waals surface area contributed by atoms with Crippen LogP contribution in [0.4, 0.5) is 0 Å². The molecule has 2 fully saturated rings. The Morgan fingerprint density at radius 2 is 2.12 bits per heavy atom. The molecule has 0 aromatic heterocycles. The molecule has 2 saturated heterocycles. The van der Waals surface area contributed by atoms with Crippen molar-refractivity contribution in [3.63, 3.8) is 0 Å². The summed E-state index contributed by atoms with van der Waals surface area (Å²) in [5.41, 5.74) is 0. The molecule has 2 aliphatic heterocycles. The highest BCUT2D eigenvalue weighted by Gasteiger charge is 2.26. The van der Waals surface area contributed by atoms with Crippen molar-refractivity contribution in [1.29, 1.82) is 0 Å². The van der Waals surface area contributed by atoms with Gasteiger partial charge in [-0.2, -0.15) is 0 Å². The van der Waals surface area contributed by atoms with Gasteiger partial charge in [-0.3, -0.25) is 9.69 Å². The van der Waals surface area contributed by atoms with Gasteiger partial charge in [-0.25, -0.2) is 0 Å². The maximum Gasteiger partial charge on any atom is 0.251 e. The quantitative estimate of drug-likeness (QED) is 0.693. The van der Waals surface area contributed by atoms with Gasteiger partial charge in [0.1, 0.15) is 6.10 Å². The van der Waals surface area contributed by atoms with E-state index < -0.39 is 0 Å². The van der Waals surface area contributed by atoms with Gasteiger partial charge in [-0.15, -0.1) is 0 Å². The van der Waals surface area contributed by atoms with Gasteiger partial charge in [0.25, 0.3) is 5.91 Å². The molecule has 1 amide bonds. The van der Waals surface area contributed by atoms with Crippen LogP contribution in [0, 0.1) is 0 Å². The molecule has 0 aromatic rings. The van der Waals surface area contributed by atoms with Gasteiger partial charge in [-0.05, 0) is 12.8 Å². The predicted octanol–water partition coefficient (Wildman–Crippen LogP) is -0.0440. The lowest BCUT2D eigenvalue weighted by Gasteiger charge is -2.29. The molecule has 98 valence electrons. The molecule has 0 saturated carbocycles. The van der Waals surface area contributed by atoms with Gasteiger partial charge in [0.15, 0.2) is 0 Å². The highest BCUT2D eigenvalue weighted by atomic mass is 16.5. The molecule has 0 bridgehead atoms. The molecule has 17 heavy (non-hydrogen) atoms. The first-order chi connectivity index (χ1) is 8.27. The highest BCUT2D eigenvalue weighted by Crippen LogP contribution is 2.14. The smallest absolute Gasteiger partial charge is 0.251 e. The number of carbonyl (C=O) groups excluding carboxylic acids is 1. The number of hydrogen-bond donors (Lipinski definition) is 0. The van der Waals surface area contributed by atoms with Crippen molar-refractivity contribution >= 4 is 5.91 Å². The standard InChI is InChI=1S/C12H22N2O3/c1-13(12(15)11-3-2-8-17-11)4-5-14-6-9-16-10-7-14/h11H,2-10H2,1H3. The van der Waals surface area contributed by atoms with E-state index in [2.05, 4.69) is 4.90 Å². The molecule has 2 heterocycles. The second-order valence-corrected chi connectivity index (χ2v) is 4.72. The third-order valence-electron chi connectivity index (χ3n) is 3.44. The molecule has 0 aliphatic carbocycles. The number of carbonyl (C=O) groups is 1. The second-order valence-electron chi connectivity index (χ2n) is 4.72. The van der Waals surface area contributed by atoms with Crippen LogP contribution in [0.2, 0.25) is 0 Å². The second kappa shape index (κ2) is 6.33. The summed E-state index contributed by atoms with van der Waals surface area (Å²) in [7, 11) is 1.87. The summed E-state index contributed by atoms with van der Waals surface area (Å²) in [4.78, 5) is 16.1. The van der Waals surface area contributed by atoms with E-state index in [4.69, 9.17) is 9.47 Å². The predicted molar refractivity (Wildman–Crippen MR) is 63.9 cm³/mol. The lowest BCUT2D eigenvalue weighted by atomic mass is 10.2. The summed E-state index contributed by atoms with van der Waals surface area (Å²) in [5.74, 6) is 0.135. The van der Waals surface area contributed by atoms with Gasteiger partial charge in [0, 0.05) is 39.8 Å². The number of nitrogens with zero attached hydrogens (tertiary/aromatic N) is 2. The fourth-order valence-corrected chi connectivity index (χ4v) is 2.24. The topological polar surface area (TPSA) is 42.0 Å². The van der Waals surface area contributed by atoms with Crippen LogP contribution < -0.4 is 0 Å². The van der Waals surface area contributed by atoms with Crippen LogP contribution in [-0.4, -0.2) is 74.9 Å². The van der Waals surface area contributed by atoms with Crippen molar-refractivity contribution in [2.24, 2.45) is 0 Å². The van der Waals surface area contributed by atoms with Gasteiger partial charge >= 0.3 is 0 Å². The van der Waals surface area contributed by atoms with Crippen LogP contribution in [-0.2, 0) is 14.3 Å². The largest absolute Gasteiger partial charge is 0.379 e. The van der Waals surface area contributed by atoms with E-state index in [9.17, 15) is 4.79 Å². The van der Waals surface area contributed by atoms with Crippen molar-refractivity contribution < 1.29 is 14.3 Å². The van der Waals surface area contributed by atoms with E-state index in [-0.39, 0.29) is 12.0 Å². The summed E-state index contributed by atoms with van der Waals surface area (Å²) in [6.07, 6.45) is 1.69. The molecule has 2 rings (SSSR count). The van der Waals surface area contributed by atoms with E-state index in [1.54, 1.807) is 4.90 Å². The minimum Gasteiger partial charge on any atom is -0.379 e. The molecule has 0 radical (unpaired) electrons. The van der Waals surface area contributed by atoms with E-state index in [1.807, 2.05) is 7.05 Å². The van der Waals surface area contributed by atoms with Crippen LogP contribution in [0.25, 0.3) is 0 Å². The van der Waals surface area contributed by atoms with Crippen LogP contribution >= 0.6 is 0 Å². The van der Waals surface area contributed by atoms with E-state index in [0.29, 0.717) is 0 Å². The highest BCUT2D eigenvalue weighted by molar-refractivity contribution is 5.80. The number of ether oxygens (including phenoxy) is 2. The van der Waals surface area contributed by atoms with Crippen molar-refractivity contribution in [1.82, 2.24) is 9.80 Å². The Morgan fingerprint density at radius 1 is 1.35 bits per heavy atom. The first kappa shape index (κ1) is 12.8. The molecule has 1 atom stereocenters. The van der Waals surface area contributed by atoms with E-state index in [0.717, 1.165) is 58.8 Å². The van der Waals surface area contributed by atoms with Gasteiger partial charge in [0.05, 0.1) is 13.2 Å². The lowest BCUT2D eigenvalue weighted by Crippen LogP contribution is -2.44. The molecular formula is C12H22N2O3. The Bertz CT molecular complexity index is 248. The van der Waals surface area contributed by atoms with Gasteiger partial charge < -0.3 is 14.4 Å². The first-order valence-electron chi connectivity index (χ1n) is 6.44. The van der Waals surface area contributed by atoms with E-state index >= 15 is 0 Å². The van der Waals surface area contributed by atoms with Crippen molar-refractivity contribution in [2.45, 2.75) is 18.9 Å². The molecule has 1 unspecified atom stereocenters. The zero-order valence-electron chi connectivity index (χ0n) is 10.6. The zero-order valence-corrected chi connectivity index (χ0v) is 10.6. The lowest BCUT2D eigenvalue weighted by molar-refractivity contribution is -0.139. The molecule has 0 aromatic carbocycles. The summed E-state index contributed by atoms with van der Waals surface area (Å²) in [5, 5.41) is 0. The summed E-state index contributed by atoms with van der Waals surface area (Å²) < 4.78 is 10.7. The van der Waals surface area contributed by atoms with Crippen molar-refractivity contribution in [3.8, 4) is 0 Å². The number of rotatable bonds is 4. The monoisotopic (exact) mass is 242 g/mol. The Kier molecular flexibility index (Phi) is 4.76. The first-order valence-corrected chi connectivity index (χ1v) is 6.44. The number of amides is 1. The molecule has 5 nitrogen and oxygen atoms in total. The summed E-state index contributed by atoms with van der Waals surface area (Å²) in [6.45, 7) is 6.00. The van der Waals surface area contributed by atoms with Crippen molar-refractivity contribution in [2.75, 3.05) is 53.0 Å². The molecule has 0 N–H and O–H groups in total. The maximum absolute atomic E-state index is 12.0. The fourth-order valence-electron chi connectivity index (χ4n) is 2.24. The third kappa shape index (κ3) is 3.66. The van der Waals surface area contributed by atoms with Crippen LogP contribution in [0.5, 0.6) is 0 Å². The molecular weight excluding hydrogens is 220 g/mol. The molecule has 0 spiro atoms. The summed E-state index contributed by atoms with van der Waals surface area (Å²) in [6, 6.07) is 0. The number of hydrogen-bond acceptors (Lipinski definition) is 4. The average molecular weight is 242 g/mol. The zero-order chi connectivity index (χ0) is 12.1. The Labute approximate surface area is 103 Å². The van der Waals surface area contributed by atoms with Crippen LogP contribution in [0.15, 0.2) is 0 Å². The Balaban J connectivity index is 1.68. The normalized spacial score (nSPS) is 26.1. The number of likely N-dealkylation sites (N-methyl/N-ethyl adjacent to an activating group) is 1. The minimum absolute atomic E-state index is 0.135.